The lowest BCUT2D eigenvalue weighted by Gasteiger charge is -2.32. The summed E-state index contributed by atoms with van der Waals surface area (Å²) in [4.78, 5) is 18.5. The molecule has 0 spiro atoms. The summed E-state index contributed by atoms with van der Waals surface area (Å²) in [6, 6.07) is 12.0. The second kappa shape index (κ2) is 7.79. The predicted octanol–water partition coefficient (Wildman–Crippen LogP) is 3.46. The van der Waals surface area contributed by atoms with Crippen molar-refractivity contribution in [1.29, 1.82) is 0 Å². The molecule has 3 heterocycles. The number of hydrogen-bond donors (Lipinski definition) is 1. The zero-order valence-electron chi connectivity index (χ0n) is 14.5. The van der Waals surface area contributed by atoms with Crippen LogP contribution in [0.5, 0.6) is 0 Å². The number of likely N-dealkylation sites (tertiary alicyclic amines) is 1. The molecule has 1 N–H and O–H groups in total. The molecule has 1 saturated heterocycles. The van der Waals surface area contributed by atoms with E-state index >= 15 is 0 Å². The Morgan fingerprint density at radius 3 is 2.63 bits per heavy atom. The molecule has 1 aliphatic heterocycles. The first-order valence-corrected chi connectivity index (χ1v) is 9.57. The number of carbonyl (C=O) groups excluding carboxylic acids is 1. The number of hydrogen-bond acceptors (Lipinski definition) is 6. The molecule has 0 bridgehead atoms. The number of pyridine rings is 1. The zero-order valence-corrected chi connectivity index (χ0v) is 15.3. The Morgan fingerprint density at radius 1 is 1.11 bits per heavy atom. The van der Waals surface area contributed by atoms with Crippen LogP contribution >= 0.6 is 11.3 Å². The van der Waals surface area contributed by atoms with Gasteiger partial charge in [-0.1, -0.05) is 29.5 Å². The van der Waals surface area contributed by atoms with Gasteiger partial charge in [-0.15, -0.1) is 10.2 Å². The molecule has 4 rings (SSSR count). The lowest BCUT2D eigenvalue weighted by Crippen LogP contribution is -2.42. The van der Waals surface area contributed by atoms with Gasteiger partial charge in [-0.2, -0.15) is 0 Å². The van der Waals surface area contributed by atoms with E-state index in [4.69, 9.17) is 0 Å². The van der Waals surface area contributed by atoms with Crippen LogP contribution in [0.1, 0.15) is 23.2 Å². The Morgan fingerprint density at radius 2 is 1.89 bits per heavy atom. The molecule has 0 radical (unpaired) electrons. The van der Waals surface area contributed by atoms with E-state index in [9.17, 15) is 9.18 Å². The van der Waals surface area contributed by atoms with Gasteiger partial charge in [0.05, 0.1) is 5.56 Å². The fourth-order valence-electron chi connectivity index (χ4n) is 3.08. The van der Waals surface area contributed by atoms with E-state index in [0.717, 1.165) is 28.7 Å². The van der Waals surface area contributed by atoms with E-state index in [0.29, 0.717) is 13.1 Å². The van der Waals surface area contributed by atoms with Crippen LogP contribution in [-0.4, -0.2) is 45.1 Å². The van der Waals surface area contributed by atoms with E-state index < -0.39 is 5.82 Å². The van der Waals surface area contributed by atoms with Gasteiger partial charge in [0.2, 0.25) is 5.13 Å². The Balaban J connectivity index is 1.34. The largest absolute Gasteiger partial charge is 0.357 e. The number of anilines is 1. The Kier molecular flexibility index (Phi) is 5.06. The quantitative estimate of drug-likeness (QED) is 0.747. The first kappa shape index (κ1) is 17.5. The van der Waals surface area contributed by atoms with Gasteiger partial charge in [0.25, 0.3) is 5.91 Å². The maximum absolute atomic E-state index is 13.8. The summed E-state index contributed by atoms with van der Waals surface area (Å²) >= 11 is 1.46. The smallest absolute Gasteiger partial charge is 0.256 e. The van der Waals surface area contributed by atoms with Crippen molar-refractivity contribution in [2.24, 2.45) is 0 Å². The number of aromatic nitrogens is 3. The lowest BCUT2D eigenvalue weighted by molar-refractivity contribution is 0.0714. The molecule has 1 amide bonds. The van der Waals surface area contributed by atoms with Crippen LogP contribution in [0.15, 0.2) is 48.7 Å². The van der Waals surface area contributed by atoms with Gasteiger partial charge < -0.3 is 10.2 Å². The topological polar surface area (TPSA) is 71.0 Å². The summed E-state index contributed by atoms with van der Waals surface area (Å²) in [5.74, 6) is -0.724. The van der Waals surface area contributed by atoms with Crippen LogP contribution in [-0.2, 0) is 0 Å². The SMILES string of the molecule is O=C(c1ccccc1F)N1CCC(Nc2nnc(-c3ccccn3)s2)CC1. The van der Waals surface area contributed by atoms with E-state index in [2.05, 4.69) is 20.5 Å². The number of halogens is 1. The van der Waals surface area contributed by atoms with Gasteiger partial charge >= 0.3 is 0 Å². The summed E-state index contributed by atoms with van der Waals surface area (Å²) in [6.45, 7) is 1.16. The van der Waals surface area contributed by atoms with E-state index in [1.807, 2.05) is 18.2 Å². The molecule has 1 aromatic carbocycles. The molecule has 6 nitrogen and oxygen atoms in total. The fraction of sp³-hybridized carbons (Fsp3) is 0.263. The van der Waals surface area contributed by atoms with E-state index in [-0.39, 0.29) is 17.5 Å². The van der Waals surface area contributed by atoms with Gasteiger partial charge in [-0.25, -0.2) is 4.39 Å². The van der Waals surface area contributed by atoms with E-state index in [1.54, 1.807) is 23.2 Å². The molecular formula is C19H18FN5OS. The van der Waals surface area contributed by atoms with Gasteiger partial charge in [-0.3, -0.25) is 9.78 Å². The van der Waals surface area contributed by atoms with Gasteiger partial charge in [0, 0.05) is 25.3 Å². The molecule has 0 saturated carbocycles. The van der Waals surface area contributed by atoms with Crippen LogP contribution in [0.4, 0.5) is 9.52 Å². The first-order valence-electron chi connectivity index (χ1n) is 8.76. The summed E-state index contributed by atoms with van der Waals surface area (Å²) in [6.07, 6.45) is 3.28. The molecule has 0 atom stereocenters. The van der Waals surface area contributed by atoms with Crippen LogP contribution in [0, 0.1) is 5.82 Å². The monoisotopic (exact) mass is 383 g/mol. The van der Waals surface area contributed by atoms with Crippen LogP contribution in [0.2, 0.25) is 0 Å². The van der Waals surface area contributed by atoms with Crippen molar-refractivity contribution >= 4 is 22.4 Å². The average Bonchev–Trinajstić information content (AvgIpc) is 3.18. The third kappa shape index (κ3) is 3.95. The molecule has 8 heteroatoms. The van der Waals surface area contributed by atoms with Crippen molar-refractivity contribution in [2.75, 3.05) is 18.4 Å². The number of carbonyl (C=O) groups is 1. The number of nitrogens with zero attached hydrogens (tertiary/aromatic N) is 4. The second-order valence-corrected chi connectivity index (χ2v) is 7.30. The molecule has 1 fully saturated rings. The van der Waals surface area contributed by atoms with Crippen molar-refractivity contribution in [3.8, 4) is 10.7 Å². The average molecular weight is 383 g/mol. The fourth-order valence-corrected chi connectivity index (χ4v) is 3.88. The number of piperidine rings is 1. The predicted molar refractivity (Wildman–Crippen MR) is 102 cm³/mol. The minimum atomic E-state index is -0.473. The molecule has 138 valence electrons. The van der Waals surface area contributed by atoms with Gasteiger partial charge in [0.1, 0.15) is 11.5 Å². The van der Waals surface area contributed by atoms with Crippen LogP contribution in [0.3, 0.4) is 0 Å². The molecule has 2 aromatic heterocycles. The highest BCUT2D eigenvalue weighted by Crippen LogP contribution is 2.26. The Bertz CT molecular complexity index is 925. The highest BCUT2D eigenvalue weighted by atomic mass is 32.1. The minimum Gasteiger partial charge on any atom is -0.357 e. The standard InChI is InChI=1S/C19H18FN5OS/c20-15-6-2-1-5-14(15)18(26)25-11-8-13(9-12-25)22-19-24-23-17(27-19)16-7-3-4-10-21-16/h1-7,10,13H,8-9,11-12H2,(H,22,24). The third-order valence-electron chi connectivity index (χ3n) is 4.52. The normalized spacial score (nSPS) is 14.9. The lowest BCUT2D eigenvalue weighted by atomic mass is 10.0. The maximum atomic E-state index is 13.8. The summed E-state index contributed by atoms with van der Waals surface area (Å²) in [5, 5.41) is 13.3. The van der Waals surface area contributed by atoms with Crippen LogP contribution < -0.4 is 5.32 Å². The summed E-state index contributed by atoms with van der Waals surface area (Å²) < 4.78 is 13.8. The second-order valence-electron chi connectivity index (χ2n) is 6.32. The molecule has 27 heavy (non-hydrogen) atoms. The minimum absolute atomic E-state index is 0.132. The third-order valence-corrected chi connectivity index (χ3v) is 5.40. The molecule has 3 aromatic rings. The molecule has 0 aliphatic carbocycles. The summed E-state index contributed by atoms with van der Waals surface area (Å²) in [7, 11) is 0. The maximum Gasteiger partial charge on any atom is 0.256 e. The number of nitrogens with one attached hydrogen (secondary N) is 1. The zero-order chi connectivity index (χ0) is 18.6. The number of benzene rings is 1. The van der Waals surface area contributed by atoms with Crippen molar-refractivity contribution in [3.63, 3.8) is 0 Å². The van der Waals surface area contributed by atoms with Crippen LogP contribution in [0.25, 0.3) is 10.7 Å². The molecule has 1 aliphatic rings. The Hall–Kier alpha value is -2.87. The number of rotatable bonds is 4. The van der Waals surface area contributed by atoms with Gasteiger partial charge in [0.15, 0.2) is 5.01 Å². The highest BCUT2D eigenvalue weighted by Gasteiger charge is 2.25. The van der Waals surface area contributed by atoms with E-state index in [1.165, 1.54) is 23.5 Å². The van der Waals surface area contributed by atoms with Crippen molar-refractivity contribution in [3.05, 3.63) is 60.0 Å². The highest BCUT2D eigenvalue weighted by molar-refractivity contribution is 7.18. The molecular weight excluding hydrogens is 365 g/mol. The van der Waals surface area contributed by atoms with Crippen molar-refractivity contribution < 1.29 is 9.18 Å². The van der Waals surface area contributed by atoms with Gasteiger partial charge in [-0.05, 0) is 37.1 Å². The van der Waals surface area contributed by atoms with Crippen molar-refractivity contribution in [2.45, 2.75) is 18.9 Å². The molecule has 0 unspecified atom stereocenters. The van der Waals surface area contributed by atoms with Crippen molar-refractivity contribution in [1.82, 2.24) is 20.1 Å². The Labute approximate surface area is 160 Å². The number of amides is 1. The first-order chi connectivity index (χ1) is 13.2. The summed E-state index contributed by atoms with van der Waals surface area (Å²) in [5.41, 5.74) is 0.932.